The number of halogens is 1. The van der Waals surface area contributed by atoms with E-state index in [0.29, 0.717) is 26.1 Å². The Morgan fingerprint density at radius 1 is 1.67 bits per heavy atom. The molecule has 0 aromatic heterocycles. The van der Waals surface area contributed by atoms with E-state index in [4.69, 9.17) is 4.74 Å². The van der Waals surface area contributed by atoms with E-state index in [1.54, 1.807) is 6.92 Å². The maximum atomic E-state index is 10.8. The van der Waals surface area contributed by atoms with Crippen LogP contribution in [0.1, 0.15) is 13.3 Å². The summed E-state index contributed by atoms with van der Waals surface area (Å²) in [5, 5.41) is 3.03. The first-order valence-corrected chi connectivity index (χ1v) is 4.65. The van der Waals surface area contributed by atoms with Crippen LogP contribution in [0.2, 0.25) is 0 Å². The quantitative estimate of drug-likeness (QED) is 0.560. The van der Waals surface area contributed by atoms with Gasteiger partial charge in [0.05, 0.1) is 13.0 Å². The highest BCUT2D eigenvalue weighted by molar-refractivity contribution is 9.11. The van der Waals surface area contributed by atoms with E-state index in [-0.39, 0.29) is 5.97 Å². The van der Waals surface area contributed by atoms with E-state index in [9.17, 15) is 4.79 Å². The summed E-state index contributed by atoms with van der Waals surface area (Å²) in [7, 11) is 0. The van der Waals surface area contributed by atoms with E-state index in [1.165, 1.54) is 0 Å². The van der Waals surface area contributed by atoms with Crippen LogP contribution in [0, 0.1) is 0 Å². The smallest absolute Gasteiger partial charge is 0.307 e. The van der Waals surface area contributed by atoms with Gasteiger partial charge < -0.3 is 10.1 Å². The van der Waals surface area contributed by atoms with Crippen LogP contribution in [0.25, 0.3) is 0 Å². The van der Waals surface area contributed by atoms with E-state index in [0.717, 1.165) is 4.48 Å². The third kappa shape index (κ3) is 7.75. The van der Waals surface area contributed by atoms with Crippen LogP contribution in [-0.4, -0.2) is 25.7 Å². The molecule has 0 heterocycles. The summed E-state index contributed by atoms with van der Waals surface area (Å²) >= 11 is 3.20. The minimum absolute atomic E-state index is 0.162. The van der Waals surface area contributed by atoms with Crippen molar-refractivity contribution < 1.29 is 9.53 Å². The Morgan fingerprint density at radius 2 is 2.33 bits per heavy atom. The van der Waals surface area contributed by atoms with Crippen molar-refractivity contribution in [3.8, 4) is 0 Å². The fraction of sp³-hybridized carbons (Fsp3) is 0.625. The predicted octanol–water partition coefficient (Wildman–Crippen LogP) is 1.44. The van der Waals surface area contributed by atoms with Gasteiger partial charge in [-0.2, -0.15) is 0 Å². The number of esters is 1. The summed E-state index contributed by atoms with van der Waals surface area (Å²) in [5.74, 6) is -0.162. The number of hydrogen-bond acceptors (Lipinski definition) is 3. The number of nitrogens with one attached hydrogen (secondary N) is 1. The van der Waals surface area contributed by atoms with Gasteiger partial charge in [-0.3, -0.25) is 4.79 Å². The van der Waals surface area contributed by atoms with Crippen molar-refractivity contribution in [2.45, 2.75) is 13.3 Å². The third-order valence-corrected chi connectivity index (χ3v) is 1.41. The molecule has 0 saturated carbocycles. The van der Waals surface area contributed by atoms with Gasteiger partial charge in [0.15, 0.2) is 0 Å². The highest BCUT2D eigenvalue weighted by Crippen LogP contribution is 1.96. The Hall–Kier alpha value is -0.350. The zero-order chi connectivity index (χ0) is 9.40. The Bertz CT molecular complexity index is 159. The molecule has 0 rings (SSSR count). The summed E-state index contributed by atoms with van der Waals surface area (Å²) in [4.78, 5) is 10.8. The van der Waals surface area contributed by atoms with Crippen LogP contribution in [-0.2, 0) is 9.53 Å². The molecule has 0 aromatic carbocycles. The lowest BCUT2D eigenvalue weighted by Crippen LogP contribution is -2.20. The van der Waals surface area contributed by atoms with E-state index in [1.807, 2.05) is 0 Å². The molecule has 0 aliphatic carbocycles. The Balaban J connectivity index is 3.19. The van der Waals surface area contributed by atoms with Crippen LogP contribution in [0.3, 0.4) is 0 Å². The molecule has 70 valence electrons. The van der Waals surface area contributed by atoms with Gasteiger partial charge in [0.1, 0.15) is 0 Å². The highest BCUT2D eigenvalue weighted by Gasteiger charge is 1.99. The maximum Gasteiger partial charge on any atom is 0.307 e. The molecule has 0 fully saturated rings. The third-order valence-electron chi connectivity index (χ3n) is 1.13. The molecule has 0 aromatic rings. The van der Waals surface area contributed by atoms with E-state index in [2.05, 4.69) is 27.8 Å². The number of ether oxygens (including phenoxy) is 1. The lowest BCUT2D eigenvalue weighted by atomic mass is 10.4. The Kier molecular flexibility index (Phi) is 7.09. The van der Waals surface area contributed by atoms with Crippen molar-refractivity contribution in [1.29, 1.82) is 0 Å². The van der Waals surface area contributed by atoms with E-state index < -0.39 is 0 Å². The zero-order valence-corrected chi connectivity index (χ0v) is 8.82. The average molecular weight is 236 g/mol. The van der Waals surface area contributed by atoms with Crippen LogP contribution in [0.15, 0.2) is 11.1 Å². The minimum Gasteiger partial charge on any atom is -0.466 e. The molecule has 0 amide bonds. The molecule has 12 heavy (non-hydrogen) atoms. The van der Waals surface area contributed by atoms with Crippen LogP contribution >= 0.6 is 15.9 Å². The van der Waals surface area contributed by atoms with Gasteiger partial charge >= 0.3 is 5.97 Å². The van der Waals surface area contributed by atoms with Crippen molar-refractivity contribution in [1.82, 2.24) is 5.32 Å². The van der Waals surface area contributed by atoms with Gasteiger partial charge in [0.2, 0.25) is 0 Å². The van der Waals surface area contributed by atoms with Gasteiger partial charge in [-0.1, -0.05) is 22.5 Å². The number of carbonyl (C=O) groups excluding carboxylic acids is 1. The zero-order valence-electron chi connectivity index (χ0n) is 7.23. The second-order valence-corrected chi connectivity index (χ2v) is 3.37. The molecule has 0 atom stereocenters. The van der Waals surface area contributed by atoms with Crippen LogP contribution < -0.4 is 5.32 Å². The summed E-state index contributed by atoms with van der Waals surface area (Å²) < 4.78 is 5.62. The summed E-state index contributed by atoms with van der Waals surface area (Å²) in [6, 6.07) is 0. The van der Waals surface area contributed by atoms with Crippen molar-refractivity contribution in [3.63, 3.8) is 0 Å². The van der Waals surface area contributed by atoms with Gasteiger partial charge in [0, 0.05) is 17.6 Å². The SMILES string of the molecule is C=C(Br)CNCCC(=O)OCC. The van der Waals surface area contributed by atoms with Crippen molar-refractivity contribution >= 4 is 21.9 Å². The lowest BCUT2D eigenvalue weighted by Gasteiger charge is -2.02. The Morgan fingerprint density at radius 3 is 2.83 bits per heavy atom. The fourth-order valence-electron chi connectivity index (χ4n) is 0.648. The number of carbonyl (C=O) groups is 1. The van der Waals surface area contributed by atoms with Crippen molar-refractivity contribution in [2.75, 3.05) is 19.7 Å². The lowest BCUT2D eigenvalue weighted by molar-refractivity contribution is -0.142. The standard InChI is InChI=1S/C8H14BrNO2/c1-3-12-8(11)4-5-10-6-7(2)9/h10H,2-6H2,1H3. The molecule has 0 radical (unpaired) electrons. The molecular formula is C8H14BrNO2. The topological polar surface area (TPSA) is 38.3 Å². The highest BCUT2D eigenvalue weighted by atomic mass is 79.9. The molecule has 0 unspecified atom stereocenters. The normalized spacial score (nSPS) is 9.50. The van der Waals surface area contributed by atoms with Crippen LogP contribution in [0.5, 0.6) is 0 Å². The molecule has 0 aliphatic heterocycles. The molecule has 0 saturated heterocycles. The summed E-state index contributed by atoms with van der Waals surface area (Å²) in [6.07, 6.45) is 0.411. The first-order valence-electron chi connectivity index (χ1n) is 3.86. The second-order valence-electron chi connectivity index (χ2n) is 2.25. The molecule has 0 bridgehead atoms. The van der Waals surface area contributed by atoms with Crippen molar-refractivity contribution in [3.05, 3.63) is 11.1 Å². The Labute approximate surface area is 81.3 Å². The average Bonchev–Trinajstić information content (AvgIpc) is 1.98. The molecule has 0 spiro atoms. The van der Waals surface area contributed by atoms with Crippen LogP contribution in [0.4, 0.5) is 0 Å². The predicted molar refractivity (Wildman–Crippen MR) is 52.2 cm³/mol. The second kappa shape index (κ2) is 7.31. The van der Waals surface area contributed by atoms with Gasteiger partial charge in [-0.05, 0) is 6.92 Å². The summed E-state index contributed by atoms with van der Waals surface area (Å²) in [6.45, 7) is 7.20. The molecular weight excluding hydrogens is 222 g/mol. The molecule has 1 N–H and O–H groups in total. The molecule has 4 heteroatoms. The monoisotopic (exact) mass is 235 g/mol. The fourth-order valence-corrected chi connectivity index (χ4v) is 0.846. The molecule has 3 nitrogen and oxygen atoms in total. The molecule has 0 aliphatic rings. The first kappa shape index (κ1) is 11.6. The number of hydrogen-bond donors (Lipinski definition) is 1. The first-order chi connectivity index (χ1) is 5.66. The van der Waals surface area contributed by atoms with E-state index >= 15 is 0 Å². The maximum absolute atomic E-state index is 10.8. The van der Waals surface area contributed by atoms with Gasteiger partial charge in [-0.25, -0.2) is 0 Å². The summed E-state index contributed by atoms with van der Waals surface area (Å²) in [5.41, 5.74) is 0. The van der Waals surface area contributed by atoms with Gasteiger partial charge in [0.25, 0.3) is 0 Å². The van der Waals surface area contributed by atoms with Gasteiger partial charge in [-0.15, -0.1) is 0 Å². The number of rotatable bonds is 6. The van der Waals surface area contributed by atoms with Crippen molar-refractivity contribution in [2.24, 2.45) is 0 Å². The largest absolute Gasteiger partial charge is 0.466 e. The minimum atomic E-state index is -0.162.